The fourth-order valence-electron chi connectivity index (χ4n) is 3.63. The van der Waals surface area contributed by atoms with Crippen molar-refractivity contribution in [3.63, 3.8) is 0 Å². The van der Waals surface area contributed by atoms with Crippen molar-refractivity contribution in [3.8, 4) is 11.5 Å². The average molecular weight is 424 g/mol. The van der Waals surface area contributed by atoms with E-state index in [1.165, 1.54) is 0 Å². The molecule has 4 nitrogen and oxygen atoms in total. The predicted octanol–water partition coefficient (Wildman–Crippen LogP) is 5.58. The van der Waals surface area contributed by atoms with E-state index in [1.54, 1.807) is 38.5 Å². The Morgan fingerprint density at radius 2 is 1.38 bits per heavy atom. The minimum atomic E-state index is -0.0276. The Kier molecular flexibility index (Phi) is 6.52. The molecule has 0 atom stereocenters. The van der Waals surface area contributed by atoms with Crippen molar-refractivity contribution in [2.24, 2.45) is 0 Å². The molecule has 3 aromatic carbocycles. The molecular weight excluding hydrogens is 398 g/mol. The molecule has 0 radical (unpaired) electrons. The van der Waals surface area contributed by atoms with Crippen LogP contribution >= 0.6 is 0 Å². The molecule has 0 saturated carbocycles. The molecule has 1 N–H and O–H groups in total. The number of benzene rings is 3. The Hall–Kier alpha value is -4.05. The van der Waals surface area contributed by atoms with Crippen LogP contribution in [-0.2, 0) is 6.54 Å². The van der Waals surface area contributed by atoms with E-state index in [9.17, 15) is 4.79 Å². The van der Waals surface area contributed by atoms with Crippen LogP contribution in [0.3, 0.4) is 0 Å². The van der Waals surface area contributed by atoms with Gasteiger partial charge >= 0.3 is 0 Å². The van der Waals surface area contributed by atoms with Gasteiger partial charge in [0.2, 0.25) is 0 Å². The first kappa shape index (κ1) is 21.2. The molecule has 0 spiro atoms. The van der Waals surface area contributed by atoms with E-state index in [-0.39, 0.29) is 5.78 Å². The number of carbonyl (C=O) groups is 1. The molecule has 32 heavy (non-hydrogen) atoms. The van der Waals surface area contributed by atoms with Crippen LogP contribution in [-0.4, -0.2) is 20.0 Å². The van der Waals surface area contributed by atoms with Gasteiger partial charge in [-0.15, -0.1) is 0 Å². The molecule has 4 rings (SSSR count). The van der Waals surface area contributed by atoms with Crippen molar-refractivity contribution in [2.45, 2.75) is 6.54 Å². The highest BCUT2D eigenvalue weighted by atomic mass is 16.5. The van der Waals surface area contributed by atoms with Crippen LogP contribution in [0.2, 0.25) is 0 Å². The lowest BCUT2D eigenvalue weighted by atomic mass is 9.95. The van der Waals surface area contributed by atoms with E-state index < -0.39 is 0 Å². The molecular formula is C28H25NO3. The van der Waals surface area contributed by atoms with Crippen molar-refractivity contribution in [1.29, 1.82) is 0 Å². The van der Waals surface area contributed by atoms with E-state index >= 15 is 0 Å². The lowest BCUT2D eigenvalue weighted by Gasteiger charge is -2.17. The van der Waals surface area contributed by atoms with E-state index in [0.717, 1.165) is 33.9 Å². The van der Waals surface area contributed by atoms with Crippen LogP contribution in [0.5, 0.6) is 11.5 Å². The van der Waals surface area contributed by atoms with E-state index in [1.807, 2.05) is 60.7 Å². The molecule has 0 heterocycles. The molecule has 0 fully saturated rings. The van der Waals surface area contributed by atoms with Gasteiger partial charge in [-0.25, -0.2) is 0 Å². The minimum absolute atomic E-state index is 0.0276. The maximum atomic E-state index is 13.3. The predicted molar refractivity (Wildman–Crippen MR) is 128 cm³/mol. The van der Waals surface area contributed by atoms with Crippen LogP contribution in [0.15, 0.2) is 108 Å². The zero-order valence-electron chi connectivity index (χ0n) is 18.2. The Morgan fingerprint density at radius 3 is 1.97 bits per heavy atom. The van der Waals surface area contributed by atoms with Crippen molar-refractivity contribution < 1.29 is 14.3 Å². The van der Waals surface area contributed by atoms with Crippen molar-refractivity contribution in [2.75, 3.05) is 14.2 Å². The number of hydrogen-bond acceptors (Lipinski definition) is 4. The first-order valence-electron chi connectivity index (χ1n) is 10.4. The second-order valence-corrected chi connectivity index (χ2v) is 7.35. The molecule has 160 valence electrons. The molecule has 0 bridgehead atoms. The van der Waals surface area contributed by atoms with Gasteiger partial charge < -0.3 is 14.8 Å². The molecule has 0 aromatic heterocycles. The maximum absolute atomic E-state index is 13.3. The quantitative estimate of drug-likeness (QED) is 0.480. The normalized spacial score (nSPS) is 14.0. The van der Waals surface area contributed by atoms with Crippen LogP contribution in [0, 0.1) is 0 Å². The standard InChI is InChI=1S/C28H25NO3/c1-31-23-15-11-21(12-16-23)27(29-19-20-7-4-3-5-8-20)25-9-6-10-26(25)28(30)22-13-17-24(32-2)18-14-22/h3-18,29H,19H2,1-2H3/b27-25-. The third-order valence-electron chi connectivity index (χ3n) is 5.37. The van der Waals surface area contributed by atoms with Gasteiger partial charge in [0.05, 0.1) is 14.2 Å². The number of methoxy groups -OCH3 is 2. The van der Waals surface area contributed by atoms with E-state index in [0.29, 0.717) is 17.7 Å². The molecule has 0 saturated heterocycles. The summed E-state index contributed by atoms with van der Waals surface area (Å²) in [5.74, 6) is 1.48. The van der Waals surface area contributed by atoms with Crippen molar-refractivity contribution >= 4 is 11.5 Å². The number of allylic oxidation sites excluding steroid dienone is 5. The minimum Gasteiger partial charge on any atom is -0.497 e. The smallest absolute Gasteiger partial charge is 0.193 e. The fourth-order valence-corrected chi connectivity index (χ4v) is 3.63. The number of hydrogen-bond donors (Lipinski definition) is 1. The Bertz CT molecular complexity index is 1170. The largest absolute Gasteiger partial charge is 0.497 e. The highest BCUT2D eigenvalue weighted by molar-refractivity contribution is 6.14. The molecule has 3 aromatic rings. The van der Waals surface area contributed by atoms with Crippen molar-refractivity contribution in [3.05, 3.63) is 125 Å². The molecule has 0 unspecified atom stereocenters. The van der Waals surface area contributed by atoms with Crippen LogP contribution < -0.4 is 14.8 Å². The number of nitrogens with one attached hydrogen (secondary N) is 1. The second-order valence-electron chi connectivity index (χ2n) is 7.35. The van der Waals surface area contributed by atoms with Gasteiger partial charge in [-0.2, -0.15) is 0 Å². The Balaban J connectivity index is 1.70. The second kappa shape index (κ2) is 9.84. The summed E-state index contributed by atoms with van der Waals surface area (Å²) in [5.41, 5.74) is 5.19. The van der Waals surface area contributed by atoms with Crippen LogP contribution in [0.25, 0.3) is 5.70 Å². The summed E-state index contributed by atoms with van der Waals surface area (Å²) in [6.45, 7) is 0.642. The topological polar surface area (TPSA) is 47.6 Å². The number of Topliss-reactive ketones (excluding diaryl/α,β-unsaturated/α-hetero) is 1. The average Bonchev–Trinajstić information content (AvgIpc) is 3.34. The van der Waals surface area contributed by atoms with Gasteiger partial charge in [0.15, 0.2) is 5.78 Å². The summed E-state index contributed by atoms with van der Waals surface area (Å²) in [7, 11) is 3.26. The lowest BCUT2D eigenvalue weighted by molar-refractivity contribution is 0.103. The van der Waals surface area contributed by atoms with Crippen LogP contribution in [0.4, 0.5) is 0 Å². The SMILES string of the molecule is COc1ccc(C(=O)C2=CC=C/C2=C(/NCc2ccccc2)c2ccc(OC)cc2)cc1. The first-order valence-corrected chi connectivity index (χ1v) is 10.4. The molecule has 1 aliphatic rings. The monoisotopic (exact) mass is 423 g/mol. The van der Waals surface area contributed by atoms with Gasteiger partial charge in [0, 0.05) is 29.0 Å². The molecule has 0 aliphatic heterocycles. The van der Waals surface area contributed by atoms with Crippen molar-refractivity contribution in [1.82, 2.24) is 5.32 Å². The summed E-state index contributed by atoms with van der Waals surface area (Å²) in [5, 5.41) is 3.56. The third kappa shape index (κ3) is 4.65. The highest BCUT2D eigenvalue weighted by Crippen LogP contribution is 2.31. The van der Waals surface area contributed by atoms with Gasteiger partial charge in [0.1, 0.15) is 11.5 Å². The van der Waals surface area contributed by atoms with Crippen LogP contribution in [0.1, 0.15) is 21.5 Å². The Morgan fingerprint density at radius 1 is 0.781 bits per heavy atom. The van der Waals surface area contributed by atoms with Gasteiger partial charge in [-0.3, -0.25) is 4.79 Å². The van der Waals surface area contributed by atoms with E-state index in [4.69, 9.17) is 9.47 Å². The molecule has 4 heteroatoms. The zero-order valence-corrected chi connectivity index (χ0v) is 18.2. The van der Waals surface area contributed by atoms with Gasteiger partial charge in [-0.05, 0) is 59.7 Å². The van der Waals surface area contributed by atoms with E-state index in [2.05, 4.69) is 17.4 Å². The highest BCUT2D eigenvalue weighted by Gasteiger charge is 2.21. The summed E-state index contributed by atoms with van der Waals surface area (Å²) < 4.78 is 10.5. The lowest BCUT2D eigenvalue weighted by Crippen LogP contribution is -2.16. The Labute approximate surface area is 188 Å². The third-order valence-corrected chi connectivity index (χ3v) is 5.37. The molecule has 1 aliphatic carbocycles. The summed E-state index contributed by atoms with van der Waals surface area (Å²) in [6, 6.07) is 25.2. The number of ketones is 1. The molecule has 0 amide bonds. The fraction of sp³-hybridized carbons (Fsp3) is 0.107. The summed E-state index contributed by atoms with van der Waals surface area (Å²) in [6.07, 6.45) is 5.77. The number of rotatable bonds is 8. The van der Waals surface area contributed by atoms with Gasteiger partial charge in [-0.1, -0.05) is 48.6 Å². The summed E-state index contributed by atoms with van der Waals surface area (Å²) >= 11 is 0. The first-order chi connectivity index (χ1) is 15.7. The van der Waals surface area contributed by atoms with Gasteiger partial charge in [0.25, 0.3) is 0 Å². The number of carbonyl (C=O) groups excluding carboxylic acids is 1. The zero-order chi connectivity index (χ0) is 22.3. The number of ether oxygens (including phenoxy) is 2. The summed E-state index contributed by atoms with van der Waals surface area (Å²) in [4.78, 5) is 13.3. The maximum Gasteiger partial charge on any atom is 0.193 e.